The number of amides is 1. The Kier molecular flexibility index (Phi) is 6.19. The van der Waals surface area contributed by atoms with Gasteiger partial charge in [-0.05, 0) is 5.56 Å². The fourth-order valence-corrected chi connectivity index (χ4v) is 4.66. The van der Waals surface area contributed by atoms with Crippen molar-refractivity contribution in [3.05, 3.63) is 35.4 Å². The second kappa shape index (κ2) is 7.90. The van der Waals surface area contributed by atoms with Crippen LogP contribution in [0.3, 0.4) is 0 Å². The van der Waals surface area contributed by atoms with Gasteiger partial charge in [-0.15, -0.1) is 0 Å². The summed E-state index contributed by atoms with van der Waals surface area (Å²) in [4.78, 5) is 12.3. The van der Waals surface area contributed by atoms with Crippen molar-refractivity contribution in [2.75, 3.05) is 23.8 Å². The van der Waals surface area contributed by atoms with Crippen molar-refractivity contribution in [1.29, 1.82) is 0 Å². The van der Waals surface area contributed by atoms with Crippen molar-refractivity contribution in [1.82, 2.24) is 5.32 Å². The standard InChI is InChI=1S/C14H18N2OS3/c15-14(18)11-3-1-10(2-4-11)7-13(17)16-8-12-9-19-5-6-20-12/h1-4,12H,5-9H2,(H2,15,18)(H,16,17). The second-order valence-corrected chi connectivity index (χ2v) is 7.61. The maximum atomic E-state index is 11.9. The van der Waals surface area contributed by atoms with E-state index in [1.165, 1.54) is 11.5 Å². The number of hydrogen-bond donors (Lipinski definition) is 2. The van der Waals surface area contributed by atoms with Gasteiger partial charge < -0.3 is 11.1 Å². The first-order valence-corrected chi connectivity index (χ1v) is 9.11. The number of nitrogens with two attached hydrogens (primary N) is 1. The molecule has 1 amide bonds. The lowest BCUT2D eigenvalue weighted by molar-refractivity contribution is -0.120. The fraction of sp³-hybridized carbons (Fsp3) is 0.429. The Morgan fingerprint density at radius 3 is 2.70 bits per heavy atom. The van der Waals surface area contributed by atoms with Crippen LogP contribution in [0.2, 0.25) is 0 Å². The van der Waals surface area contributed by atoms with E-state index in [1.54, 1.807) is 0 Å². The molecule has 0 aromatic heterocycles. The Hall–Kier alpha value is -0.720. The molecule has 1 aromatic rings. The zero-order valence-electron chi connectivity index (χ0n) is 11.1. The predicted molar refractivity (Wildman–Crippen MR) is 92.6 cm³/mol. The average molecular weight is 327 g/mol. The van der Waals surface area contributed by atoms with Crippen molar-refractivity contribution in [3.8, 4) is 0 Å². The van der Waals surface area contributed by atoms with Gasteiger partial charge in [-0.3, -0.25) is 4.79 Å². The van der Waals surface area contributed by atoms with Crippen LogP contribution < -0.4 is 11.1 Å². The highest BCUT2D eigenvalue weighted by Gasteiger charge is 2.15. The summed E-state index contributed by atoms with van der Waals surface area (Å²) in [5, 5.41) is 3.57. The molecule has 0 radical (unpaired) electrons. The van der Waals surface area contributed by atoms with E-state index in [2.05, 4.69) is 5.32 Å². The van der Waals surface area contributed by atoms with Gasteiger partial charge in [-0.25, -0.2) is 0 Å². The minimum atomic E-state index is 0.0734. The molecular formula is C14H18N2OS3. The summed E-state index contributed by atoms with van der Waals surface area (Å²) < 4.78 is 0. The van der Waals surface area contributed by atoms with Gasteiger partial charge in [0.15, 0.2) is 0 Å². The van der Waals surface area contributed by atoms with Crippen LogP contribution in [0.4, 0.5) is 0 Å². The number of rotatable bonds is 5. The van der Waals surface area contributed by atoms with Gasteiger partial charge in [0.05, 0.1) is 6.42 Å². The molecule has 20 heavy (non-hydrogen) atoms. The van der Waals surface area contributed by atoms with E-state index >= 15 is 0 Å². The van der Waals surface area contributed by atoms with E-state index in [1.807, 2.05) is 47.8 Å². The molecule has 1 atom stereocenters. The van der Waals surface area contributed by atoms with Crippen molar-refractivity contribution in [2.45, 2.75) is 11.7 Å². The van der Waals surface area contributed by atoms with Crippen molar-refractivity contribution in [3.63, 3.8) is 0 Å². The van der Waals surface area contributed by atoms with Crippen LogP contribution in [-0.2, 0) is 11.2 Å². The van der Waals surface area contributed by atoms with Gasteiger partial charge in [-0.2, -0.15) is 23.5 Å². The van der Waals surface area contributed by atoms with E-state index < -0.39 is 0 Å². The SMILES string of the molecule is NC(=S)c1ccc(CC(=O)NCC2CSCCS2)cc1. The third-order valence-corrected chi connectivity index (χ3v) is 6.10. The molecule has 6 heteroatoms. The van der Waals surface area contributed by atoms with Gasteiger partial charge in [-0.1, -0.05) is 36.5 Å². The number of thioether (sulfide) groups is 2. The third-order valence-electron chi connectivity index (χ3n) is 3.02. The summed E-state index contributed by atoms with van der Waals surface area (Å²) in [6.45, 7) is 0.765. The van der Waals surface area contributed by atoms with Crippen molar-refractivity contribution >= 4 is 46.6 Å². The maximum absolute atomic E-state index is 11.9. The zero-order chi connectivity index (χ0) is 14.4. The summed E-state index contributed by atoms with van der Waals surface area (Å²) in [5.41, 5.74) is 7.36. The molecule has 0 bridgehead atoms. The smallest absolute Gasteiger partial charge is 0.224 e. The molecule has 0 saturated carbocycles. The van der Waals surface area contributed by atoms with Crippen LogP contribution in [-0.4, -0.2) is 39.9 Å². The maximum Gasteiger partial charge on any atom is 0.224 e. The van der Waals surface area contributed by atoms with Gasteiger partial charge in [0, 0.05) is 34.6 Å². The number of hydrogen-bond acceptors (Lipinski definition) is 4. The van der Waals surface area contributed by atoms with Crippen molar-refractivity contribution in [2.24, 2.45) is 5.73 Å². The lowest BCUT2D eigenvalue weighted by Crippen LogP contribution is -2.34. The van der Waals surface area contributed by atoms with Crippen LogP contribution in [0, 0.1) is 0 Å². The molecule has 108 valence electrons. The molecule has 1 aromatic carbocycles. The molecule has 2 rings (SSSR count). The molecule has 1 heterocycles. The summed E-state index contributed by atoms with van der Waals surface area (Å²) in [5.74, 6) is 3.62. The van der Waals surface area contributed by atoms with Crippen LogP contribution in [0.1, 0.15) is 11.1 Å². The Morgan fingerprint density at radius 2 is 2.10 bits per heavy atom. The first-order valence-electron chi connectivity index (χ1n) is 6.50. The van der Waals surface area contributed by atoms with E-state index in [-0.39, 0.29) is 5.91 Å². The second-order valence-electron chi connectivity index (χ2n) is 4.61. The van der Waals surface area contributed by atoms with Gasteiger partial charge in [0.2, 0.25) is 5.91 Å². The number of benzene rings is 1. The summed E-state index contributed by atoms with van der Waals surface area (Å²) >= 11 is 8.82. The fourth-order valence-electron chi connectivity index (χ4n) is 1.92. The summed E-state index contributed by atoms with van der Waals surface area (Å²) in [6, 6.07) is 7.52. The van der Waals surface area contributed by atoms with Crippen LogP contribution in [0.5, 0.6) is 0 Å². The first kappa shape index (κ1) is 15.7. The molecule has 1 aliphatic rings. The molecule has 3 nitrogen and oxygen atoms in total. The van der Waals surface area contributed by atoms with E-state index in [4.69, 9.17) is 18.0 Å². The molecule has 3 N–H and O–H groups in total. The summed E-state index contributed by atoms with van der Waals surface area (Å²) in [6.07, 6.45) is 0.405. The Labute approximate surface area is 133 Å². The third kappa shape index (κ3) is 5.00. The average Bonchev–Trinajstić information content (AvgIpc) is 2.47. The van der Waals surface area contributed by atoms with Crippen LogP contribution >= 0.6 is 35.7 Å². The topological polar surface area (TPSA) is 55.1 Å². The highest BCUT2D eigenvalue weighted by atomic mass is 32.2. The lowest BCUT2D eigenvalue weighted by atomic mass is 10.1. The van der Waals surface area contributed by atoms with Crippen LogP contribution in [0.25, 0.3) is 0 Å². The normalized spacial score (nSPS) is 18.5. The number of nitrogens with one attached hydrogen (secondary N) is 1. The van der Waals surface area contributed by atoms with E-state index in [9.17, 15) is 4.79 Å². The van der Waals surface area contributed by atoms with Crippen molar-refractivity contribution < 1.29 is 4.79 Å². The highest BCUT2D eigenvalue weighted by molar-refractivity contribution is 8.06. The molecule has 1 fully saturated rings. The predicted octanol–water partition coefficient (Wildman–Crippen LogP) is 1.83. The lowest BCUT2D eigenvalue weighted by Gasteiger charge is -2.21. The minimum Gasteiger partial charge on any atom is -0.389 e. The number of carbonyl (C=O) groups is 1. The Morgan fingerprint density at radius 1 is 1.35 bits per heavy atom. The van der Waals surface area contributed by atoms with Crippen LogP contribution in [0.15, 0.2) is 24.3 Å². The van der Waals surface area contributed by atoms with Gasteiger partial charge >= 0.3 is 0 Å². The van der Waals surface area contributed by atoms with E-state index in [0.717, 1.165) is 23.4 Å². The van der Waals surface area contributed by atoms with Gasteiger partial charge in [0.1, 0.15) is 4.99 Å². The molecule has 0 aliphatic carbocycles. The highest BCUT2D eigenvalue weighted by Crippen LogP contribution is 2.23. The monoisotopic (exact) mass is 326 g/mol. The van der Waals surface area contributed by atoms with Gasteiger partial charge in [0.25, 0.3) is 0 Å². The quantitative estimate of drug-likeness (QED) is 0.809. The largest absolute Gasteiger partial charge is 0.389 e. The summed E-state index contributed by atoms with van der Waals surface area (Å²) in [7, 11) is 0. The zero-order valence-corrected chi connectivity index (χ0v) is 13.6. The minimum absolute atomic E-state index is 0.0734. The van der Waals surface area contributed by atoms with E-state index in [0.29, 0.717) is 16.7 Å². The molecular weight excluding hydrogens is 308 g/mol. The molecule has 0 spiro atoms. The number of thiocarbonyl (C=S) groups is 1. The number of carbonyl (C=O) groups excluding carboxylic acids is 1. The molecule has 1 aliphatic heterocycles. The molecule has 1 unspecified atom stereocenters. The Bertz CT molecular complexity index is 470. The molecule has 1 saturated heterocycles. The first-order chi connectivity index (χ1) is 9.65. The Balaban J connectivity index is 1.77.